The zero-order valence-corrected chi connectivity index (χ0v) is 22.4. The molecule has 2 aliphatic carbocycles. The first-order valence-electron chi connectivity index (χ1n) is 13.0. The first kappa shape index (κ1) is 26.0. The first-order valence-corrected chi connectivity index (χ1v) is 13.8. The molecule has 0 spiro atoms. The number of halogens is 1. The Hall–Kier alpha value is -2.12. The molecule has 2 saturated carbocycles. The van der Waals surface area contributed by atoms with Gasteiger partial charge in [0.2, 0.25) is 11.8 Å². The standard InChI is InChI=1S/C28H38BrN3O3/c1-35-18-6-17-31(28(34)23-12-13-23)21-27(33)32(25-7-3-2-4-8-25)20-26-9-5-16-30(26)19-22-10-14-24(29)15-11-22/h5,9-11,14-16,23,25H,2-4,6-8,12-13,17-21H2,1H3. The summed E-state index contributed by atoms with van der Waals surface area (Å²) in [6.07, 6.45) is 10.4. The minimum atomic E-state index is 0.0692. The molecule has 0 bridgehead atoms. The third kappa shape index (κ3) is 7.43. The maximum atomic E-state index is 13.8. The highest BCUT2D eigenvalue weighted by molar-refractivity contribution is 9.10. The van der Waals surface area contributed by atoms with Crippen LogP contribution in [0.25, 0.3) is 0 Å². The van der Waals surface area contributed by atoms with Crippen molar-refractivity contribution in [2.24, 2.45) is 5.92 Å². The molecular weight excluding hydrogens is 506 g/mol. The van der Waals surface area contributed by atoms with Crippen LogP contribution in [0.15, 0.2) is 47.1 Å². The molecule has 0 unspecified atom stereocenters. The number of rotatable bonds is 12. The molecule has 1 aromatic carbocycles. The van der Waals surface area contributed by atoms with Crippen LogP contribution in [0.2, 0.25) is 0 Å². The number of carbonyl (C=O) groups is 2. The average Bonchev–Trinajstić information content (AvgIpc) is 3.64. The van der Waals surface area contributed by atoms with E-state index in [2.05, 4.69) is 68.0 Å². The van der Waals surface area contributed by atoms with E-state index in [0.717, 1.165) is 61.7 Å². The Morgan fingerprint density at radius 2 is 1.80 bits per heavy atom. The summed E-state index contributed by atoms with van der Waals surface area (Å²) in [6.45, 7) is 2.69. The van der Waals surface area contributed by atoms with Gasteiger partial charge in [-0.3, -0.25) is 9.59 Å². The van der Waals surface area contributed by atoms with Crippen LogP contribution in [-0.4, -0.2) is 59.0 Å². The Morgan fingerprint density at radius 3 is 2.49 bits per heavy atom. The number of benzene rings is 1. The van der Waals surface area contributed by atoms with Gasteiger partial charge in [-0.25, -0.2) is 0 Å². The minimum Gasteiger partial charge on any atom is -0.385 e. The first-order chi connectivity index (χ1) is 17.0. The lowest BCUT2D eigenvalue weighted by molar-refractivity contribution is -0.143. The zero-order valence-electron chi connectivity index (χ0n) is 20.8. The molecule has 2 fully saturated rings. The lowest BCUT2D eigenvalue weighted by Gasteiger charge is -2.36. The summed E-state index contributed by atoms with van der Waals surface area (Å²) in [5.74, 6) is 0.313. The highest BCUT2D eigenvalue weighted by Crippen LogP contribution is 2.31. The number of hydrogen-bond acceptors (Lipinski definition) is 3. The molecule has 35 heavy (non-hydrogen) atoms. The van der Waals surface area contributed by atoms with Gasteiger partial charge < -0.3 is 19.1 Å². The molecular formula is C28H38BrN3O3. The van der Waals surface area contributed by atoms with Crippen LogP contribution in [0.3, 0.4) is 0 Å². The Morgan fingerprint density at radius 1 is 1.06 bits per heavy atom. The predicted molar refractivity (Wildman–Crippen MR) is 141 cm³/mol. The summed E-state index contributed by atoms with van der Waals surface area (Å²) >= 11 is 3.51. The van der Waals surface area contributed by atoms with E-state index in [0.29, 0.717) is 19.7 Å². The fourth-order valence-corrected chi connectivity index (χ4v) is 5.30. The Labute approximate surface area is 217 Å². The van der Waals surface area contributed by atoms with Gasteiger partial charge in [0.15, 0.2) is 0 Å². The van der Waals surface area contributed by atoms with Gasteiger partial charge in [-0.1, -0.05) is 47.3 Å². The van der Waals surface area contributed by atoms with E-state index in [1.807, 2.05) is 0 Å². The largest absolute Gasteiger partial charge is 0.385 e. The normalized spacial score (nSPS) is 16.3. The quantitative estimate of drug-likeness (QED) is 0.344. The topological polar surface area (TPSA) is 54.8 Å². The number of ether oxygens (including phenoxy) is 1. The molecule has 1 aromatic heterocycles. The van der Waals surface area contributed by atoms with Gasteiger partial charge in [0, 0.05) is 55.1 Å². The van der Waals surface area contributed by atoms with Crippen LogP contribution < -0.4 is 0 Å². The number of carbonyl (C=O) groups excluding carboxylic acids is 2. The van der Waals surface area contributed by atoms with Crippen molar-refractivity contribution in [1.82, 2.24) is 14.4 Å². The molecule has 0 saturated heterocycles. The van der Waals surface area contributed by atoms with Crippen molar-refractivity contribution in [1.29, 1.82) is 0 Å². The van der Waals surface area contributed by atoms with Gasteiger partial charge in [-0.15, -0.1) is 0 Å². The van der Waals surface area contributed by atoms with Crippen molar-refractivity contribution in [3.05, 3.63) is 58.3 Å². The maximum Gasteiger partial charge on any atom is 0.242 e. The van der Waals surface area contributed by atoms with Crippen LogP contribution >= 0.6 is 15.9 Å². The van der Waals surface area contributed by atoms with Gasteiger partial charge in [-0.05, 0) is 61.9 Å². The van der Waals surface area contributed by atoms with E-state index in [-0.39, 0.29) is 30.3 Å². The smallest absolute Gasteiger partial charge is 0.242 e. The number of nitrogens with zero attached hydrogens (tertiary/aromatic N) is 3. The van der Waals surface area contributed by atoms with E-state index in [9.17, 15) is 9.59 Å². The zero-order chi connectivity index (χ0) is 24.6. The molecule has 0 atom stereocenters. The van der Waals surface area contributed by atoms with Crippen LogP contribution in [0.4, 0.5) is 0 Å². The van der Waals surface area contributed by atoms with Crippen molar-refractivity contribution < 1.29 is 14.3 Å². The monoisotopic (exact) mass is 543 g/mol. The van der Waals surface area contributed by atoms with Crippen LogP contribution in [-0.2, 0) is 27.4 Å². The SMILES string of the molecule is COCCCN(CC(=O)N(Cc1cccn1Cc1ccc(Br)cc1)C1CCCCC1)C(=O)C1CC1. The van der Waals surface area contributed by atoms with Gasteiger partial charge >= 0.3 is 0 Å². The summed E-state index contributed by atoms with van der Waals surface area (Å²) in [4.78, 5) is 30.5. The van der Waals surface area contributed by atoms with Gasteiger partial charge in [0.1, 0.15) is 0 Å². The molecule has 7 heteroatoms. The van der Waals surface area contributed by atoms with Crippen LogP contribution in [0.5, 0.6) is 0 Å². The van der Waals surface area contributed by atoms with Crippen molar-refractivity contribution >= 4 is 27.7 Å². The molecule has 0 aliphatic heterocycles. The number of aromatic nitrogens is 1. The molecule has 2 aromatic rings. The summed E-state index contributed by atoms with van der Waals surface area (Å²) in [5, 5.41) is 0. The number of amides is 2. The van der Waals surface area contributed by atoms with Crippen molar-refractivity contribution in [2.75, 3.05) is 26.8 Å². The van der Waals surface area contributed by atoms with E-state index in [1.165, 1.54) is 12.0 Å². The molecule has 2 amide bonds. The predicted octanol–water partition coefficient (Wildman–Crippen LogP) is 5.24. The third-order valence-corrected chi connectivity index (χ3v) is 7.73. The number of methoxy groups -OCH3 is 1. The van der Waals surface area contributed by atoms with Crippen molar-refractivity contribution in [3.8, 4) is 0 Å². The maximum absolute atomic E-state index is 13.8. The molecule has 0 radical (unpaired) electrons. The van der Waals surface area contributed by atoms with Gasteiger partial charge in [0.25, 0.3) is 0 Å². The highest BCUT2D eigenvalue weighted by Gasteiger charge is 2.35. The average molecular weight is 545 g/mol. The van der Waals surface area contributed by atoms with E-state index in [4.69, 9.17) is 4.74 Å². The second kappa shape index (κ2) is 12.7. The lowest BCUT2D eigenvalue weighted by atomic mass is 9.94. The summed E-state index contributed by atoms with van der Waals surface area (Å²) in [7, 11) is 1.67. The van der Waals surface area contributed by atoms with Crippen LogP contribution in [0, 0.1) is 5.92 Å². The Kier molecular flexibility index (Phi) is 9.44. The molecule has 6 nitrogen and oxygen atoms in total. The van der Waals surface area contributed by atoms with Crippen LogP contribution in [0.1, 0.15) is 62.6 Å². The summed E-state index contributed by atoms with van der Waals surface area (Å²) < 4.78 is 8.50. The van der Waals surface area contributed by atoms with Gasteiger partial charge in [0.05, 0.1) is 13.1 Å². The molecule has 0 N–H and O–H groups in total. The number of hydrogen-bond donors (Lipinski definition) is 0. The second-order valence-corrected chi connectivity index (χ2v) is 10.9. The van der Waals surface area contributed by atoms with Crippen molar-refractivity contribution in [2.45, 2.75) is 70.5 Å². The third-order valence-electron chi connectivity index (χ3n) is 7.20. The van der Waals surface area contributed by atoms with Crippen molar-refractivity contribution in [3.63, 3.8) is 0 Å². The molecule has 190 valence electrons. The van der Waals surface area contributed by atoms with Gasteiger partial charge in [-0.2, -0.15) is 0 Å². The Bertz CT molecular complexity index is 964. The summed E-state index contributed by atoms with van der Waals surface area (Å²) in [5.41, 5.74) is 2.35. The fraction of sp³-hybridized carbons (Fsp3) is 0.571. The highest BCUT2D eigenvalue weighted by atomic mass is 79.9. The summed E-state index contributed by atoms with van der Waals surface area (Å²) in [6, 6.07) is 12.8. The molecule has 4 rings (SSSR count). The van der Waals surface area contributed by atoms with E-state index < -0.39 is 0 Å². The van der Waals surface area contributed by atoms with E-state index in [1.54, 1.807) is 12.0 Å². The molecule has 1 heterocycles. The minimum absolute atomic E-state index is 0.0692. The molecule has 2 aliphatic rings. The Balaban J connectivity index is 1.49. The van der Waals surface area contributed by atoms with E-state index >= 15 is 0 Å². The fourth-order valence-electron chi connectivity index (χ4n) is 5.03. The lowest BCUT2D eigenvalue weighted by Crippen LogP contribution is -2.48. The second-order valence-electron chi connectivity index (χ2n) is 9.95.